The molecule has 0 bridgehead atoms. The SMILES string of the molecule is CCN(Cc1nc2sc3c(c2c(=O)[nH]1)CCC(C)C3)CC(C)O. The highest BCUT2D eigenvalue weighted by atomic mass is 32.1. The van der Waals surface area contributed by atoms with Gasteiger partial charge in [0.25, 0.3) is 5.56 Å². The summed E-state index contributed by atoms with van der Waals surface area (Å²) in [6, 6.07) is 0. The lowest BCUT2D eigenvalue weighted by Gasteiger charge is -2.21. The van der Waals surface area contributed by atoms with Gasteiger partial charge in [-0.2, -0.15) is 0 Å². The van der Waals surface area contributed by atoms with Gasteiger partial charge in [0.1, 0.15) is 10.7 Å². The average molecular weight is 335 g/mol. The number of aryl methyl sites for hydroxylation is 1. The van der Waals surface area contributed by atoms with Crippen LogP contribution >= 0.6 is 11.3 Å². The maximum Gasteiger partial charge on any atom is 0.259 e. The molecule has 6 heteroatoms. The third-order valence-corrected chi connectivity index (χ3v) is 5.71. The van der Waals surface area contributed by atoms with Crippen molar-refractivity contribution >= 4 is 21.6 Å². The van der Waals surface area contributed by atoms with E-state index >= 15 is 0 Å². The Morgan fingerprint density at radius 2 is 2.30 bits per heavy atom. The molecule has 1 aliphatic rings. The molecule has 23 heavy (non-hydrogen) atoms. The largest absolute Gasteiger partial charge is 0.392 e. The lowest BCUT2D eigenvalue weighted by molar-refractivity contribution is 0.124. The summed E-state index contributed by atoms with van der Waals surface area (Å²) in [5.41, 5.74) is 1.21. The third-order valence-electron chi connectivity index (χ3n) is 4.56. The standard InChI is InChI=1S/C17H25N3O2S/c1-4-20(8-11(3)21)9-14-18-16(22)15-12-6-5-10(2)7-13(12)23-17(15)19-14/h10-11,21H,4-9H2,1-3H3,(H,18,19,22). The Morgan fingerprint density at radius 3 is 3.00 bits per heavy atom. The van der Waals surface area contributed by atoms with Gasteiger partial charge in [0.05, 0.1) is 18.0 Å². The van der Waals surface area contributed by atoms with Crippen molar-refractivity contribution in [3.8, 4) is 0 Å². The summed E-state index contributed by atoms with van der Waals surface area (Å²) in [4.78, 5) is 24.5. The number of hydrogen-bond donors (Lipinski definition) is 2. The van der Waals surface area contributed by atoms with Gasteiger partial charge in [-0.05, 0) is 44.2 Å². The van der Waals surface area contributed by atoms with E-state index in [9.17, 15) is 9.90 Å². The molecule has 2 aromatic heterocycles. The highest BCUT2D eigenvalue weighted by Gasteiger charge is 2.23. The fourth-order valence-electron chi connectivity index (χ4n) is 3.36. The predicted octanol–water partition coefficient (Wildman–Crippen LogP) is 2.31. The number of aliphatic hydroxyl groups excluding tert-OH is 1. The van der Waals surface area contributed by atoms with Crippen LogP contribution in [0.2, 0.25) is 0 Å². The summed E-state index contributed by atoms with van der Waals surface area (Å²) < 4.78 is 0. The van der Waals surface area contributed by atoms with Crippen LogP contribution in [-0.2, 0) is 19.4 Å². The van der Waals surface area contributed by atoms with Gasteiger partial charge in [0.15, 0.2) is 0 Å². The molecule has 0 saturated carbocycles. The Morgan fingerprint density at radius 1 is 1.52 bits per heavy atom. The van der Waals surface area contributed by atoms with Crippen molar-refractivity contribution in [3.05, 3.63) is 26.6 Å². The zero-order valence-electron chi connectivity index (χ0n) is 14.1. The van der Waals surface area contributed by atoms with Crippen LogP contribution in [0.3, 0.4) is 0 Å². The normalized spacial score (nSPS) is 19.3. The second-order valence-electron chi connectivity index (χ2n) is 6.72. The summed E-state index contributed by atoms with van der Waals surface area (Å²) in [5, 5.41) is 10.4. The quantitative estimate of drug-likeness (QED) is 0.880. The van der Waals surface area contributed by atoms with E-state index in [2.05, 4.69) is 16.8 Å². The van der Waals surface area contributed by atoms with E-state index in [1.807, 2.05) is 6.92 Å². The first kappa shape index (κ1) is 16.6. The van der Waals surface area contributed by atoms with E-state index < -0.39 is 0 Å². The smallest absolute Gasteiger partial charge is 0.259 e. The summed E-state index contributed by atoms with van der Waals surface area (Å²) in [5.74, 6) is 1.38. The minimum Gasteiger partial charge on any atom is -0.392 e. The molecule has 2 N–H and O–H groups in total. The van der Waals surface area contributed by atoms with Crippen LogP contribution in [0.15, 0.2) is 4.79 Å². The average Bonchev–Trinajstić information content (AvgIpc) is 2.83. The molecule has 0 saturated heterocycles. The Bertz CT molecular complexity index is 750. The van der Waals surface area contributed by atoms with Crippen LogP contribution < -0.4 is 5.56 Å². The van der Waals surface area contributed by atoms with Gasteiger partial charge in [-0.25, -0.2) is 4.98 Å². The molecule has 0 radical (unpaired) electrons. The zero-order valence-corrected chi connectivity index (χ0v) is 14.9. The lowest BCUT2D eigenvalue weighted by Crippen LogP contribution is -2.31. The van der Waals surface area contributed by atoms with Crippen LogP contribution in [0.5, 0.6) is 0 Å². The lowest BCUT2D eigenvalue weighted by atomic mass is 9.89. The second-order valence-corrected chi connectivity index (χ2v) is 7.80. The van der Waals surface area contributed by atoms with E-state index in [1.54, 1.807) is 18.3 Å². The van der Waals surface area contributed by atoms with E-state index in [0.29, 0.717) is 24.8 Å². The topological polar surface area (TPSA) is 69.2 Å². The molecular weight excluding hydrogens is 310 g/mol. The number of hydrogen-bond acceptors (Lipinski definition) is 5. The number of rotatable bonds is 5. The van der Waals surface area contributed by atoms with Crippen molar-refractivity contribution in [2.24, 2.45) is 5.92 Å². The van der Waals surface area contributed by atoms with Gasteiger partial charge in [-0.3, -0.25) is 9.69 Å². The van der Waals surface area contributed by atoms with E-state index in [0.717, 1.165) is 36.0 Å². The molecule has 0 spiro atoms. The van der Waals surface area contributed by atoms with Crippen LogP contribution in [0.1, 0.15) is 43.5 Å². The Balaban J connectivity index is 1.94. The van der Waals surface area contributed by atoms with Crippen LogP contribution in [0, 0.1) is 5.92 Å². The number of aliphatic hydroxyl groups is 1. The molecule has 2 aromatic rings. The summed E-state index contributed by atoms with van der Waals surface area (Å²) in [7, 11) is 0. The molecule has 5 nitrogen and oxygen atoms in total. The first-order valence-corrected chi connectivity index (χ1v) is 9.23. The maximum atomic E-state index is 12.5. The maximum absolute atomic E-state index is 12.5. The summed E-state index contributed by atoms with van der Waals surface area (Å²) in [6.45, 7) is 8.04. The van der Waals surface area contributed by atoms with Gasteiger partial charge >= 0.3 is 0 Å². The van der Waals surface area contributed by atoms with E-state index in [4.69, 9.17) is 4.98 Å². The number of nitrogens with zero attached hydrogens (tertiary/aromatic N) is 2. The second kappa shape index (κ2) is 6.71. The van der Waals surface area contributed by atoms with Gasteiger partial charge in [0.2, 0.25) is 0 Å². The first-order chi connectivity index (χ1) is 11.0. The van der Waals surface area contributed by atoms with Crippen molar-refractivity contribution in [1.29, 1.82) is 0 Å². The molecule has 0 amide bonds. The number of likely N-dealkylation sites (N-methyl/N-ethyl adjacent to an activating group) is 1. The molecule has 2 unspecified atom stereocenters. The van der Waals surface area contributed by atoms with Gasteiger partial charge in [-0.15, -0.1) is 11.3 Å². The number of aromatic amines is 1. The van der Waals surface area contributed by atoms with Gasteiger partial charge in [-0.1, -0.05) is 13.8 Å². The number of thiophene rings is 1. The molecule has 2 atom stereocenters. The molecular formula is C17H25N3O2S. The van der Waals surface area contributed by atoms with Crippen molar-refractivity contribution in [1.82, 2.24) is 14.9 Å². The number of fused-ring (bicyclic) bond motifs is 3. The Labute approximate surface area is 140 Å². The van der Waals surface area contributed by atoms with Crippen LogP contribution in [0.4, 0.5) is 0 Å². The van der Waals surface area contributed by atoms with E-state index in [-0.39, 0.29) is 11.7 Å². The molecule has 126 valence electrons. The van der Waals surface area contributed by atoms with Crippen molar-refractivity contribution in [3.63, 3.8) is 0 Å². The number of H-pyrrole nitrogens is 1. The Hall–Kier alpha value is -1.24. The molecule has 0 fully saturated rings. The fourth-order valence-corrected chi connectivity index (χ4v) is 4.76. The zero-order chi connectivity index (χ0) is 16.6. The van der Waals surface area contributed by atoms with Gasteiger partial charge < -0.3 is 10.1 Å². The monoisotopic (exact) mass is 335 g/mol. The van der Waals surface area contributed by atoms with Gasteiger partial charge in [0, 0.05) is 11.4 Å². The number of aromatic nitrogens is 2. The predicted molar refractivity (Wildman–Crippen MR) is 94.1 cm³/mol. The molecule has 0 aliphatic heterocycles. The minimum atomic E-state index is -0.388. The third kappa shape index (κ3) is 3.49. The highest BCUT2D eigenvalue weighted by Crippen LogP contribution is 2.35. The number of nitrogens with one attached hydrogen (secondary N) is 1. The van der Waals surface area contributed by atoms with Crippen molar-refractivity contribution in [2.45, 2.75) is 52.7 Å². The van der Waals surface area contributed by atoms with E-state index in [1.165, 1.54) is 10.4 Å². The highest BCUT2D eigenvalue weighted by molar-refractivity contribution is 7.18. The molecule has 1 aliphatic carbocycles. The Kier molecular flexibility index (Phi) is 4.85. The molecule has 0 aromatic carbocycles. The minimum absolute atomic E-state index is 0.00912. The summed E-state index contributed by atoms with van der Waals surface area (Å²) in [6.07, 6.45) is 2.82. The van der Waals surface area contributed by atoms with Crippen LogP contribution in [-0.4, -0.2) is 39.2 Å². The van der Waals surface area contributed by atoms with Crippen molar-refractivity contribution < 1.29 is 5.11 Å². The van der Waals surface area contributed by atoms with Crippen LogP contribution in [0.25, 0.3) is 10.2 Å². The fraction of sp³-hybridized carbons (Fsp3) is 0.647. The molecule has 2 heterocycles. The summed E-state index contributed by atoms with van der Waals surface area (Å²) >= 11 is 1.68. The van der Waals surface area contributed by atoms with Crippen molar-refractivity contribution in [2.75, 3.05) is 13.1 Å². The molecule has 3 rings (SSSR count). The first-order valence-electron chi connectivity index (χ1n) is 8.41.